The van der Waals surface area contributed by atoms with Gasteiger partial charge in [-0.25, -0.2) is 0 Å². The molecule has 1 aliphatic heterocycles. The molecule has 1 fully saturated rings. The summed E-state index contributed by atoms with van der Waals surface area (Å²) in [5.74, 6) is -0.227. The van der Waals surface area contributed by atoms with Crippen LogP contribution in [-0.4, -0.2) is 27.3 Å². The van der Waals surface area contributed by atoms with Crippen molar-refractivity contribution in [3.63, 3.8) is 0 Å². The van der Waals surface area contributed by atoms with Crippen LogP contribution in [0.3, 0.4) is 0 Å². The van der Waals surface area contributed by atoms with Gasteiger partial charge in [-0.3, -0.25) is 9.59 Å². The number of fused-ring (bicyclic) bond motifs is 3. The Kier molecular flexibility index (Phi) is 6.83. The molecular formula is C32H32BrN3O2. The van der Waals surface area contributed by atoms with Crippen molar-refractivity contribution < 1.29 is 9.59 Å². The van der Waals surface area contributed by atoms with Crippen molar-refractivity contribution in [1.82, 2.24) is 14.8 Å². The number of rotatable bonds is 5. The first-order chi connectivity index (χ1) is 18.6. The quantitative estimate of drug-likeness (QED) is 0.269. The second-order valence-corrected chi connectivity index (χ2v) is 11.5. The second-order valence-electron chi connectivity index (χ2n) is 10.6. The highest BCUT2D eigenvalue weighted by Gasteiger charge is 2.52. The number of nitrogens with zero attached hydrogens (tertiary/aromatic N) is 2. The maximum Gasteiger partial charge on any atom is 0.272 e. The number of benzene rings is 3. The monoisotopic (exact) mass is 569 g/mol. The van der Waals surface area contributed by atoms with Crippen LogP contribution in [-0.2, 0) is 23.4 Å². The Morgan fingerprint density at radius 3 is 2.39 bits per heavy atom. The van der Waals surface area contributed by atoms with Crippen LogP contribution in [0.4, 0.5) is 0 Å². The van der Waals surface area contributed by atoms with E-state index in [4.69, 9.17) is 0 Å². The highest BCUT2D eigenvalue weighted by Crippen LogP contribution is 2.40. The van der Waals surface area contributed by atoms with E-state index in [0.29, 0.717) is 18.8 Å². The third-order valence-electron chi connectivity index (χ3n) is 8.17. The Morgan fingerprint density at radius 1 is 0.895 bits per heavy atom. The van der Waals surface area contributed by atoms with E-state index in [-0.39, 0.29) is 17.9 Å². The molecule has 38 heavy (non-hydrogen) atoms. The number of para-hydroxylation sites is 1. The molecule has 1 aliphatic carbocycles. The van der Waals surface area contributed by atoms with Crippen molar-refractivity contribution in [2.45, 2.75) is 63.2 Å². The molecule has 6 heteroatoms. The molecule has 0 unspecified atom stereocenters. The van der Waals surface area contributed by atoms with Crippen LogP contribution in [0.5, 0.6) is 0 Å². The molecule has 2 heterocycles. The molecule has 1 N–H and O–H groups in total. The number of carbonyl (C=O) groups excluding carboxylic acids is 2. The molecule has 4 aromatic rings. The van der Waals surface area contributed by atoms with Crippen LogP contribution in [0.2, 0.25) is 0 Å². The Hall–Kier alpha value is -3.38. The first-order valence-corrected chi connectivity index (χ1v) is 14.4. The molecule has 5 nitrogen and oxygen atoms in total. The normalized spacial score (nSPS) is 20.2. The molecule has 1 atom stereocenters. The van der Waals surface area contributed by atoms with Gasteiger partial charge < -0.3 is 14.8 Å². The minimum atomic E-state index is -1.19. The Labute approximate surface area is 232 Å². The fourth-order valence-corrected chi connectivity index (χ4v) is 6.67. The molecule has 6 rings (SSSR count). The van der Waals surface area contributed by atoms with Gasteiger partial charge in [0.25, 0.3) is 11.8 Å². The summed E-state index contributed by atoms with van der Waals surface area (Å²) in [6, 6.07) is 28.0. The average molecular weight is 571 g/mol. The number of carbonyl (C=O) groups is 2. The second kappa shape index (κ2) is 10.4. The Balaban J connectivity index is 1.53. The fraction of sp³-hybridized carbons (Fsp3) is 0.312. The van der Waals surface area contributed by atoms with E-state index in [1.165, 1.54) is 12.8 Å². The van der Waals surface area contributed by atoms with Gasteiger partial charge in [0.1, 0.15) is 5.69 Å². The number of halogens is 1. The third-order valence-corrected chi connectivity index (χ3v) is 8.66. The zero-order valence-electron chi connectivity index (χ0n) is 21.4. The largest absolute Gasteiger partial charge is 0.351 e. The summed E-state index contributed by atoms with van der Waals surface area (Å²) >= 11 is 3.58. The average Bonchev–Trinajstić information content (AvgIpc) is 3.10. The predicted molar refractivity (Wildman–Crippen MR) is 154 cm³/mol. The molecular weight excluding hydrogens is 538 g/mol. The van der Waals surface area contributed by atoms with E-state index in [0.717, 1.165) is 52.2 Å². The van der Waals surface area contributed by atoms with Crippen molar-refractivity contribution in [1.29, 1.82) is 0 Å². The molecule has 3 aromatic carbocycles. The van der Waals surface area contributed by atoms with Gasteiger partial charge in [-0.15, -0.1) is 0 Å². The number of aromatic nitrogens is 1. The fourth-order valence-electron chi connectivity index (χ4n) is 6.22. The summed E-state index contributed by atoms with van der Waals surface area (Å²) in [7, 11) is 0. The maximum absolute atomic E-state index is 14.7. The molecule has 0 radical (unpaired) electrons. The molecule has 2 amide bonds. The molecule has 1 saturated carbocycles. The molecule has 1 aromatic heterocycles. The Bertz CT molecular complexity index is 1470. The van der Waals surface area contributed by atoms with Crippen LogP contribution in [0, 0.1) is 0 Å². The van der Waals surface area contributed by atoms with Crippen molar-refractivity contribution in [3.05, 3.63) is 106 Å². The highest BCUT2D eigenvalue weighted by molar-refractivity contribution is 9.10. The topological polar surface area (TPSA) is 54.3 Å². The van der Waals surface area contributed by atoms with Crippen molar-refractivity contribution >= 4 is 38.6 Å². The molecule has 0 bridgehead atoms. The minimum Gasteiger partial charge on any atom is -0.351 e. The zero-order valence-corrected chi connectivity index (χ0v) is 23.0. The van der Waals surface area contributed by atoms with Gasteiger partial charge in [0.2, 0.25) is 0 Å². The van der Waals surface area contributed by atoms with E-state index in [1.807, 2.05) is 89.8 Å². The van der Waals surface area contributed by atoms with Crippen LogP contribution in [0.25, 0.3) is 10.9 Å². The standard InChI is InChI=1S/C32H32BrN3O2/c33-26-15-10-11-23(19-26)21-36-30(37)29-20-24-12-8-9-18-28(24)35(29)22-32(36,25-13-4-3-5-14-25)31(38)34-27-16-6-1-2-7-17-27/h3-5,8-15,18-20,27H,1-2,6-7,16-17,21-22H2,(H,34,38)/t32-/m1/s1. The lowest BCUT2D eigenvalue weighted by Gasteiger charge is -2.47. The molecule has 194 valence electrons. The Morgan fingerprint density at radius 2 is 1.63 bits per heavy atom. The summed E-state index contributed by atoms with van der Waals surface area (Å²) in [4.78, 5) is 30.9. The number of nitrogens with one attached hydrogen (secondary N) is 1. The first kappa shape index (κ1) is 24.9. The lowest BCUT2D eigenvalue weighted by Crippen LogP contribution is -2.63. The third kappa shape index (κ3) is 4.45. The summed E-state index contributed by atoms with van der Waals surface area (Å²) in [5.41, 5.74) is 2.20. The molecule has 2 aliphatic rings. The van der Waals surface area contributed by atoms with E-state index in [2.05, 4.69) is 25.8 Å². The molecule has 0 saturated heterocycles. The predicted octanol–water partition coefficient (Wildman–Crippen LogP) is 6.79. The van der Waals surface area contributed by atoms with Gasteiger partial charge in [0, 0.05) is 28.0 Å². The highest BCUT2D eigenvalue weighted by atomic mass is 79.9. The SMILES string of the molecule is O=C1c2cc3ccccc3n2C[C@](C(=O)NC2CCCCCC2)(c2ccccc2)N1Cc1cccc(Br)c1. The van der Waals surface area contributed by atoms with E-state index in [1.54, 1.807) is 0 Å². The van der Waals surface area contributed by atoms with E-state index in [9.17, 15) is 9.59 Å². The number of hydrogen-bond acceptors (Lipinski definition) is 2. The summed E-state index contributed by atoms with van der Waals surface area (Å²) < 4.78 is 3.00. The van der Waals surface area contributed by atoms with E-state index < -0.39 is 5.54 Å². The van der Waals surface area contributed by atoms with Gasteiger partial charge >= 0.3 is 0 Å². The lowest BCUT2D eigenvalue weighted by atomic mass is 9.83. The summed E-state index contributed by atoms with van der Waals surface area (Å²) in [5, 5.41) is 4.44. The van der Waals surface area contributed by atoms with Gasteiger partial charge in [-0.2, -0.15) is 0 Å². The summed E-state index contributed by atoms with van der Waals surface area (Å²) in [6.45, 7) is 0.685. The smallest absolute Gasteiger partial charge is 0.272 e. The van der Waals surface area contributed by atoms with Crippen LogP contribution in [0.1, 0.15) is 60.1 Å². The van der Waals surface area contributed by atoms with Gasteiger partial charge in [-0.1, -0.05) is 102 Å². The van der Waals surface area contributed by atoms with Crippen molar-refractivity contribution in [3.8, 4) is 0 Å². The summed E-state index contributed by atoms with van der Waals surface area (Å²) in [6.07, 6.45) is 6.62. The van der Waals surface area contributed by atoms with Crippen molar-refractivity contribution in [2.24, 2.45) is 0 Å². The van der Waals surface area contributed by atoms with Crippen LogP contribution in [0.15, 0.2) is 89.4 Å². The lowest BCUT2D eigenvalue weighted by molar-refractivity contribution is -0.136. The van der Waals surface area contributed by atoms with Gasteiger partial charge in [0.05, 0.1) is 6.54 Å². The first-order valence-electron chi connectivity index (χ1n) is 13.6. The minimum absolute atomic E-state index is 0.0950. The van der Waals surface area contributed by atoms with Crippen LogP contribution < -0.4 is 5.32 Å². The van der Waals surface area contributed by atoms with Crippen molar-refractivity contribution in [2.75, 3.05) is 0 Å². The number of hydrogen-bond donors (Lipinski definition) is 1. The maximum atomic E-state index is 14.7. The van der Waals surface area contributed by atoms with E-state index >= 15 is 0 Å². The molecule has 0 spiro atoms. The van der Waals surface area contributed by atoms with Gasteiger partial charge in [-0.05, 0) is 48.2 Å². The zero-order chi connectivity index (χ0) is 26.1. The van der Waals surface area contributed by atoms with Crippen LogP contribution >= 0.6 is 15.9 Å². The van der Waals surface area contributed by atoms with Gasteiger partial charge in [0.15, 0.2) is 5.54 Å². The number of amides is 2.